The number of Topliss-reactive ketones (excluding diaryl/α,β-unsaturated/α-hetero) is 1. The van der Waals surface area contributed by atoms with Gasteiger partial charge in [-0.2, -0.15) is 0 Å². The molecule has 0 heterocycles. The predicted molar refractivity (Wildman–Crippen MR) is 79.7 cm³/mol. The van der Waals surface area contributed by atoms with E-state index < -0.39 is 0 Å². The van der Waals surface area contributed by atoms with Crippen molar-refractivity contribution in [2.24, 2.45) is 10.3 Å². The van der Waals surface area contributed by atoms with Crippen molar-refractivity contribution in [2.45, 2.75) is 13.3 Å². The zero-order valence-electron chi connectivity index (χ0n) is 11.3. The molecule has 0 spiro atoms. The molecule has 0 amide bonds. The Hall–Kier alpha value is -1.59. The first-order valence-electron chi connectivity index (χ1n) is 5.66. The maximum Gasteiger partial charge on any atom is 0.228 e. The van der Waals surface area contributed by atoms with Crippen LogP contribution in [0.2, 0.25) is 10.0 Å². The lowest BCUT2D eigenvalue weighted by atomic mass is 10.0. The molecule has 0 fully saturated rings. The molecular weight excluding hydrogens is 303 g/mol. The molecule has 0 bridgehead atoms. The molecule has 0 saturated heterocycles. The van der Waals surface area contributed by atoms with E-state index in [-0.39, 0.29) is 23.6 Å². The van der Waals surface area contributed by atoms with E-state index in [4.69, 9.17) is 28.0 Å². The van der Waals surface area contributed by atoms with E-state index in [0.29, 0.717) is 10.0 Å². The van der Waals surface area contributed by atoms with Crippen molar-refractivity contribution >= 4 is 40.4 Å². The number of carbonyl (C=O) groups excluding carboxylic acids is 1. The number of halogens is 2. The van der Waals surface area contributed by atoms with Gasteiger partial charge in [-0.3, -0.25) is 4.79 Å². The molecule has 0 radical (unpaired) electrons. The second-order valence-electron chi connectivity index (χ2n) is 3.83. The van der Waals surface area contributed by atoms with E-state index >= 15 is 0 Å². The van der Waals surface area contributed by atoms with Crippen LogP contribution in [0.4, 0.5) is 0 Å². The molecule has 108 valence electrons. The minimum atomic E-state index is -0.361. The summed E-state index contributed by atoms with van der Waals surface area (Å²) in [6.45, 7) is 1.53. The van der Waals surface area contributed by atoms with Crippen molar-refractivity contribution in [3.63, 3.8) is 0 Å². The maximum absolute atomic E-state index is 12.1. The summed E-state index contributed by atoms with van der Waals surface area (Å²) in [7, 11) is 2.73. The molecule has 0 saturated carbocycles. The molecule has 1 aromatic rings. The molecule has 0 aliphatic heterocycles. The molecule has 0 unspecified atom stereocenters. The molecule has 7 heteroatoms. The summed E-state index contributed by atoms with van der Waals surface area (Å²) < 4.78 is 0. The minimum Gasteiger partial charge on any atom is -0.399 e. The normalized spacial score (nSPS) is 12.2. The van der Waals surface area contributed by atoms with Gasteiger partial charge in [-0.25, -0.2) is 0 Å². The van der Waals surface area contributed by atoms with Crippen LogP contribution < -0.4 is 0 Å². The standard InChI is InChI=1S/C13H14Cl2N2O3/c1-8(16-19-2)13(18)12(17-20-3)7-9-4-5-10(14)11(15)6-9/h4-6H,7H2,1-3H3. The smallest absolute Gasteiger partial charge is 0.228 e. The highest BCUT2D eigenvalue weighted by Crippen LogP contribution is 2.23. The fourth-order valence-electron chi connectivity index (χ4n) is 1.49. The molecule has 1 rings (SSSR count). The van der Waals surface area contributed by atoms with Crippen LogP contribution in [0.3, 0.4) is 0 Å². The molecule has 5 nitrogen and oxygen atoms in total. The summed E-state index contributed by atoms with van der Waals surface area (Å²) >= 11 is 11.8. The first-order chi connectivity index (χ1) is 9.49. The Morgan fingerprint density at radius 2 is 1.80 bits per heavy atom. The molecule has 0 aliphatic carbocycles. The molecule has 0 atom stereocenters. The Labute approximate surface area is 127 Å². The number of benzene rings is 1. The summed E-state index contributed by atoms with van der Waals surface area (Å²) in [5, 5.41) is 8.17. The van der Waals surface area contributed by atoms with Gasteiger partial charge >= 0.3 is 0 Å². The van der Waals surface area contributed by atoms with Crippen LogP contribution in [0.5, 0.6) is 0 Å². The monoisotopic (exact) mass is 316 g/mol. The van der Waals surface area contributed by atoms with Crippen LogP contribution in [-0.2, 0) is 20.9 Å². The van der Waals surface area contributed by atoms with Crippen LogP contribution in [0.1, 0.15) is 12.5 Å². The highest BCUT2D eigenvalue weighted by atomic mass is 35.5. The Morgan fingerprint density at radius 3 is 2.35 bits per heavy atom. The van der Waals surface area contributed by atoms with Crippen LogP contribution in [-0.4, -0.2) is 31.4 Å². The first-order valence-corrected chi connectivity index (χ1v) is 6.41. The summed E-state index contributed by atoms with van der Waals surface area (Å²) in [5.74, 6) is -0.361. The number of hydrogen-bond acceptors (Lipinski definition) is 5. The molecule has 0 N–H and O–H groups in total. The third-order valence-electron chi connectivity index (χ3n) is 2.38. The number of nitrogens with zero attached hydrogens (tertiary/aromatic N) is 2. The summed E-state index contributed by atoms with van der Waals surface area (Å²) in [4.78, 5) is 21.4. The fourth-order valence-corrected chi connectivity index (χ4v) is 1.82. The summed E-state index contributed by atoms with van der Waals surface area (Å²) in [6.07, 6.45) is 0.250. The predicted octanol–water partition coefficient (Wildman–Crippen LogP) is 3.13. The van der Waals surface area contributed by atoms with Crippen LogP contribution in [0.15, 0.2) is 28.5 Å². The maximum atomic E-state index is 12.1. The van der Waals surface area contributed by atoms with Gasteiger partial charge in [0.15, 0.2) is 0 Å². The molecular formula is C13H14Cl2N2O3. The highest BCUT2D eigenvalue weighted by Gasteiger charge is 2.17. The van der Waals surface area contributed by atoms with E-state index in [1.165, 1.54) is 21.1 Å². The Kier molecular flexibility index (Phi) is 6.48. The average molecular weight is 317 g/mol. The number of hydrogen-bond donors (Lipinski definition) is 0. The van der Waals surface area contributed by atoms with E-state index in [1.807, 2.05) is 0 Å². The quantitative estimate of drug-likeness (QED) is 0.598. The second-order valence-corrected chi connectivity index (χ2v) is 4.65. The molecule has 1 aromatic carbocycles. The van der Waals surface area contributed by atoms with E-state index in [9.17, 15) is 4.79 Å². The van der Waals surface area contributed by atoms with Crippen molar-refractivity contribution in [3.8, 4) is 0 Å². The number of rotatable bonds is 6. The number of ketones is 1. The Bertz CT molecular complexity index is 557. The van der Waals surface area contributed by atoms with Gasteiger partial charge in [0.25, 0.3) is 0 Å². The van der Waals surface area contributed by atoms with E-state index in [2.05, 4.69) is 15.1 Å². The summed E-state index contributed by atoms with van der Waals surface area (Å²) in [6, 6.07) is 5.09. The SMILES string of the molecule is CON=C(C)C(=O)C(Cc1ccc(Cl)c(Cl)c1)=NOC. The lowest BCUT2D eigenvalue weighted by Crippen LogP contribution is -2.24. The Morgan fingerprint density at radius 1 is 1.15 bits per heavy atom. The second kappa shape index (κ2) is 7.87. The third-order valence-corrected chi connectivity index (χ3v) is 3.12. The van der Waals surface area contributed by atoms with Gasteiger partial charge in [0.2, 0.25) is 5.78 Å². The van der Waals surface area contributed by atoms with Crippen molar-refractivity contribution < 1.29 is 14.5 Å². The average Bonchev–Trinajstić information content (AvgIpc) is 2.42. The largest absolute Gasteiger partial charge is 0.399 e. The lowest BCUT2D eigenvalue weighted by Gasteiger charge is -2.06. The van der Waals surface area contributed by atoms with Gasteiger partial charge in [-0.05, 0) is 24.6 Å². The van der Waals surface area contributed by atoms with Crippen LogP contribution in [0.25, 0.3) is 0 Å². The fraction of sp³-hybridized carbons (Fsp3) is 0.308. The topological polar surface area (TPSA) is 60.2 Å². The van der Waals surface area contributed by atoms with Gasteiger partial charge in [-0.15, -0.1) is 0 Å². The molecule has 0 aromatic heterocycles. The zero-order valence-corrected chi connectivity index (χ0v) is 12.8. The van der Waals surface area contributed by atoms with Crippen LogP contribution in [0, 0.1) is 0 Å². The van der Waals surface area contributed by atoms with Gasteiger partial charge in [0, 0.05) is 6.42 Å². The van der Waals surface area contributed by atoms with Gasteiger partial charge < -0.3 is 9.68 Å². The first kappa shape index (κ1) is 16.5. The minimum absolute atomic E-state index is 0.184. The number of carbonyl (C=O) groups is 1. The van der Waals surface area contributed by atoms with Crippen molar-refractivity contribution in [1.29, 1.82) is 0 Å². The van der Waals surface area contributed by atoms with Gasteiger partial charge in [0.1, 0.15) is 25.6 Å². The molecule has 0 aliphatic rings. The highest BCUT2D eigenvalue weighted by molar-refractivity contribution is 6.66. The summed E-state index contributed by atoms with van der Waals surface area (Å²) in [5.41, 5.74) is 1.17. The lowest BCUT2D eigenvalue weighted by molar-refractivity contribution is -0.107. The van der Waals surface area contributed by atoms with E-state index in [0.717, 1.165) is 5.56 Å². The van der Waals surface area contributed by atoms with E-state index in [1.54, 1.807) is 18.2 Å². The Balaban J connectivity index is 2.98. The zero-order chi connectivity index (χ0) is 15.1. The third kappa shape index (κ3) is 4.51. The van der Waals surface area contributed by atoms with Crippen molar-refractivity contribution in [2.75, 3.05) is 14.2 Å². The number of oxime groups is 2. The van der Waals surface area contributed by atoms with Crippen molar-refractivity contribution in [3.05, 3.63) is 33.8 Å². The van der Waals surface area contributed by atoms with Gasteiger partial charge in [0.05, 0.1) is 10.0 Å². The van der Waals surface area contributed by atoms with Crippen molar-refractivity contribution in [1.82, 2.24) is 0 Å². The van der Waals surface area contributed by atoms with Gasteiger partial charge in [-0.1, -0.05) is 39.6 Å². The van der Waals surface area contributed by atoms with Crippen LogP contribution >= 0.6 is 23.2 Å². The molecule has 20 heavy (non-hydrogen) atoms.